The smallest absolute Gasteiger partial charge is 0.272 e. The Morgan fingerprint density at radius 1 is 1.17 bits per heavy atom. The maximum atomic E-state index is 13.3. The van der Waals surface area contributed by atoms with Gasteiger partial charge in [0.15, 0.2) is 6.73 Å². The molecule has 0 aliphatic carbocycles. The first-order chi connectivity index (χ1) is 14.4. The lowest BCUT2D eigenvalue weighted by molar-refractivity contribution is 0.0925. The van der Waals surface area contributed by atoms with Gasteiger partial charge in [0.2, 0.25) is 0 Å². The minimum atomic E-state index is -0.305. The van der Waals surface area contributed by atoms with E-state index in [2.05, 4.69) is 26.3 Å². The molecule has 1 amide bonds. The van der Waals surface area contributed by atoms with Crippen LogP contribution in [-0.2, 0) is 6.73 Å². The molecule has 158 valence electrons. The van der Waals surface area contributed by atoms with Crippen molar-refractivity contribution in [2.75, 3.05) is 20.6 Å². The largest absolute Gasteiger partial charge is 0.471 e. The van der Waals surface area contributed by atoms with Crippen molar-refractivity contribution in [1.29, 1.82) is 0 Å². The molecule has 1 N–H and O–H groups in total. The molecule has 0 aliphatic rings. The van der Waals surface area contributed by atoms with Gasteiger partial charge >= 0.3 is 0 Å². The second kappa shape index (κ2) is 10.4. The highest BCUT2D eigenvalue weighted by Crippen LogP contribution is 2.19. The van der Waals surface area contributed by atoms with Crippen LogP contribution < -0.4 is 10.1 Å². The summed E-state index contributed by atoms with van der Waals surface area (Å²) in [6.07, 6.45) is 2.39. The van der Waals surface area contributed by atoms with Crippen LogP contribution in [0.4, 0.5) is 4.39 Å². The van der Waals surface area contributed by atoms with Gasteiger partial charge in [-0.1, -0.05) is 28.1 Å². The summed E-state index contributed by atoms with van der Waals surface area (Å²) < 4.78 is 21.5. The van der Waals surface area contributed by atoms with Crippen LogP contribution in [0.5, 0.6) is 5.75 Å². The number of halogens is 2. The molecule has 1 heterocycles. The highest BCUT2D eigenvalue weighted by atomic mass is 79.9. The number of hydrogen-bond donors (Lipinski definition) is 1. The van der Waals surface area contributed by atoms with E-state index in [1.807, 2.05) is 43.3 Å². The highest BCUT2D eigenvalue weighted by molar-refractivity contribution is 9.10. The minimum Gasteiger partial charge on any atom is -0.471 e. The molecule has 0 radical (unpaired) electrons. The number of nitrogens with zero attached hydrogens (tertiary/aromatic N) is 3. The quantitative estimate of drug-likeness (QED) is 0.503. The van der Waals surface area contributed by atoms with Crippen LogP contribution in [0.3, 0.4) is 0 Å². The Morgan fingerprint density at radius 3 is 2.53 bits per heavy atom. The highest BCUT2D eigenvalue weighted by Gasteiger charge is 2.18. The first-order valence-electron chi connectivity index (χ1n) is 9.53. The average Bonchev–Trinajstić information content (AvgIpc) is 3.20. The van der Waals surface area contributed by atoms with E-state index in [9.17, 15) is 9.18 Å². The fourth-order valence-electron chi connectivity index (χ4n) is 2.86. The van der Waals surface area contributed by atoms with Gasteiger partial charge in [0, 0.05) is 10.7 Å². The molecule has 3 aromatic rings. The summed E-state index contributed by atoms with van der Waals surface area (Å²) >= 11 is 3.38. The SMILES string of the molecule is CN(C)CCC(NC(=O)c1ccn(COc2ccc(Br)cc2)n1)c1ccc(F)cc1. The topological polar surface area (TPSA) is 59.4 Å². The molecular weight excluding hydrogens is 451 g/mol. The molecule has 6 nitrogen and oxygen atoms in total. The number of ether oxygens (including phenoxy) is 1. The molecule has 1 atom stereocenters. The number of nitrogens with one attached hydrogen (secondary N) is 1. The predicted molar refractivity (Wildman–Crippen MR) is 117 cm³/mol. The van der Waals surface area contributed by atoms with Crippen LogP contribution in [0.1, 0.15) is 28.5 Å². The summed E-state index contributed by atoms with van der Waals surface area (Å²) in [6, 6.07) is 15.1. The third kappa shape index (κ3) is 6.40. The van der Waals surface area contributed by atoms with Crippen molar-refractivity contribution < 1.29 is 13.9 Å². The number of benzene rings is 2. The fourth-order valence-corrected chi connectivity index (χ4v) is 3.13. The number of amides is 1. The number of carbonyl (C=O) groups is 1. The standard InChI is InChI=1S/C22H24BrFN4O2/c1-27(2)13-11-20(16-3-7-18(24)8-4-16)25-22(29)21-12-14-28(26-21)15-30-19-9-5-17(23)6-10-19/h3-10,12,14,20H,11,13,15H2,1-2H3,(H,25,29). The summed E-state index contributed by atoms with van der Waals surface area (Å²) in [5, 5.41) is 7.31. The molecule has 3 rings (SSSR count). The Bertz CT molecular complexity index is 958. The second-order valence-electron chi connectivity index (χ2n) is 7.14. The third-order valence-electron chi connectivity index (χ3n) is 4.49. The van der Waals surface area contributed by atoms with Gasteiger partial charge < -0.3 is 15.0 Å². The summed E-state index contributed by atoms with van der Waals surface area (Å²) in [7, 11) is 3.94. The van der Waals surface area contributed by atoms with Gasteiger partial charge in [0.25, 0.3) is 5.91 Å². The number of rotatable bonds is 9. The monoisotopic (exact) mass is 474 g/mol. The van der Waals surface area contributed by atoms with E-state index in [0.29, 0.717) is 17.9 Å². The van der Waals surface area contributed by atoms with E-state index in [4.69, 9.17) is 4.74 Å². The molecule has 8 heteroatoms. The van der Waals surface area contributed by atoms with Crippen molar-refractivity contribution >= 4 is 21.8 Å². The number of hydrogen-bond acceptors (Lipinski definition) is 4. The van der Waals surface area contributed by atoms with Crippen molar-refractivity contribution in [3.8, 4) is 5.75 Å². The van der Waals surface area contributed by atoms with E-state index >= 15 is 0 Å². The van der Waals surface area contributed by atoms with Crippen molar-refractivity contribution in [2.24, 2.45) is 0 Å². The van der Waals surface area contributed by atoms with E-state index in [1.54, 1.807) is 29.1 Å². The molecule has 0 fully saturated rings. The van der Waals surface area contributed by atoms with Gasteiger partial charge in [-0.2, -0.15) is 5.10 Å². The Kier molecular flexibility index (Phi) is 7.59. The maximum absolute atomic E-state index is 13.3. The van der Waals surface area contributed by atoms with Crippen LogP contribution in [-0.4, -0.2) is 41.2 Å². The first-order valence-corrected chi connectivity index (χ1v) is 10.3. The molecular formula is C22H24BrFN4O2. The van der Waals surface area contributed by atoms with E-state index in [1.165, 1.54) is 12.1 Å². The molecule has 0 saturated carbocycles. The van der Waals surface area contributed by atoms with Crippen LogP contribution in [0.25, 0.3) is 0 Å². The third-order valence-corrected chi connectivity index (χ3v) is 5.02. The Balaban J connectivity index is 1.63. The zero-order chi connectivity index (χ0) is 21.5. The Morgan fingerprint density at radius 2 is 1.87 bits per heavy atom. The normalized spacial score (nSPS) is 12.0. The van der Waals surface area contributed by atoms with E-state index < -0.39 is 0 Å². The van der Waals surface area contributed by atoms with Gasteiger partial charge in [-0.25, -0.2) is 9.07 Å². The summed E-state index contributed by atoms with van der Waals surface area (Å²) in [5.41, 5.74) is 1.15. The van der Waals surface area contributed by atoms with Crippen LogP contribution in [0, 0.1) is 5.82 Å². The molecule has 0 aliphatic heterocycles. The van der Waals surface area contributed by atoms with Crippen molar-refractivity contribution in [3.63, 3.8) is 0 Å². The molecule has 2 aromatic carbocycles. The Hall–Kier alpha value is -2.71. The lowest BCUT2D eigenvalue weighted by atomic mass is 10.0. The van der Waals surface area contributed by atoms with Gasteiger partial charge in [-0.15, -0.1) is 0 Å². The zero-order valence-electron chi connectivity index (χ0n) is 16.9. The Labute approximate surface area is 183 Å². The molecule has 0 saturated heterocycles. The average molecular weight is 475 g/mol. The number of carbonyl (C=O) groups excluding carboxylic acids is 1. The molecule has 0 bridgehead atoms. The van der Waals surface area contributed by atoms with E-state index in [0.717, 1.165) is 16.6 Å². The lowest BCUT2D eigenvalue weighted by Crippen LogP contribution is -2.31. The van der Waals surface area contributed by atoms with Gasteiger partial charge in [-0.3, -0.25) is 4.79 Å². The maximum Gasteiger partial charge on any atom is 0.272 e. The predicted octanol–water partition coefficient (Wildman–Crippen LogP) is 4.24. The molecule has 0 spiro atoms. The van der Waals surface area contributed by atoms with Crippen molar-refractivity contribution in [3.05, 3.63) is 82.3 Å². The van der Waals surface area contributed by atoms with Crippen molar-refractivity contribution in [2.45, 2.75) is 19.2 Å². The summed E-state index contributed by atoms with van der Waals surface area (Å²) in [4.78, 5) is 14.8. The minimum absolute atomic E-state index is 0.191. The van der Waals surface area contributed by atoms with Crippen LogP contribution >= 0.6 is 15.9 Å². The lowest BCUT2D eigenvalue weighted by Gasteiger charge is -2.21. The van der Waals surface area contributed by atoms with E-state index in [-0.39, 0.29) is 24.5 Å². The van der Waals surface area contributed by atoms with Crippen LogP contribution in [0.15, 0.2) is 65.3 Å². The summed E-state index contributed by atoms with van der Waals surface area (Å²) in [5.74, 6) is 0.117. The van der Waals surface area contributed by atoms with Gasteiger partial charge in [0.1, 0.15) is 17.3 Å². The zero-order valence-corrected chi connectivity index (χ0v) is 18.5. The second-order valence-corrected chi connectivity index (χ2v) is 8.05. The molecule has 1 aromatic heterocycles. The molecule has 30 heavy (non-hydrogen) atoms. The first kappa shape index (κ1) is 22.0. The fraction of sp³-hybridized carbons (Fsp3) is 0.273. The summed E-state index contributed by atoms with van der Waals surface area (Å²) in [6.45, 7) is 0.967. The van der Waals surface area contributed by atoms with Crippen LogP contribution in [0.2, 0.25) is 0 Å². The van der Waals surface area contributed by atoms with Crippen molar-refractivity contribution in [1.82, 2.24) is 20.0 Å². The van der Waals surface area contributed by atoms with Gasteiger partial charge in [0.05, 0.1) is 6.04 Å². The number of aromatic nitrogens is 2. The molecule has 1 unspecified atom stereocenters. The van der Waals surface area contributed by atoms with Gasteiger partial charge in [-0.05, 0) is 75.1 Å².